The zero-order valence-electron chi connectivity index (χ0n) is 7.96. The van der Waals surface area contributed by atoms with Crippen LogP contribution in [0.3, 0.4) is 0 Å². The molecule has 0 saturated heterocycles. The largest absolute Gasteiger partial charge is 0.465 e. The molecule has 0 atom stereocenters. The minimum atomic E-state index is -1.15. The van der Waals surface area contributed by atoms with E-state index in [9.17, 15) is 4.79 Å². The highest BCUT2D eigenvalue weighted by atomic mass is 79.9. The minimum Gasteiger partial charge on any atom is -0.465 e. The lowest BCUT2D eigenvalue weighted by Gasteiger charge is -2.04. The van der Waals surface area contributed by atoms with E-state index in [1.54, 1.807) is 12.1 Å². The maximum atomic E-state index is 10.5. The highest BCUT2D eigenvalue weighted by molar-refractivity contribution is 9.10. The zero-order chi connectivity index (χ0) is 11.5. The van der Waals surface area contributed by atoms with Crippen molar-refractivity contribution in [1.82, 2.24) is 15.0 Å². The lowest BCUT2D eigenvalue weighted by Crippen LogP contribution is -2.11. The summed E-state index contributed by atoms with van der Waals surface area (Å²) in [6.07, 6.45) is 0.191. The Labute approximate surface area is 99.0 Å². The molecule has 82 valence electrons. The molecule has 2 N–H and O–H groups in total. The van der Waals surface area contributed by atoms with Crippen LogP contribution in [0.2, 0.25) is 0 Å². The fraction of sp³-hybridized carbons (Fsp3) is 0. The average Bonchev–Trinajstić information content (AvgIpc) is 2.66. The van der Waals surface area contributed by atoms with Gasteiger partial charge in [0.15, 0.2) is 5.82 Å². The number of anilines is 1. The second-order valence-corrected chi connectivity index (χ2v) is 3.85. The predicted octanol–water partition coefficient (Wildman–Crippen LogP) is 2.12. The van der Waals surface area contributed by atoms with Gasteiger partial charge < -0.3 is 5.11 Å². The van der Waals surface area contributed by atoms with Crippen molar-refractivity contribution in [1.29, 1.82) is 0 Å². The Morgan fingerprint density at radius 1 is 1.38 bits per heavy atom. The molecule has 0 aliphatic carbocycles. The van der Waals surface area contributed by atoms with Crippen molar-refractivity contribution >= 4 is 27.8 Å². The molecule has 7 heteroatoms. The number of amides is 1. The SMILES string of the molecule is O=C(O)Nc1cnnn1-c1ccc(Br)cc1. The normalized spacial score (nSPS) is 10.1. The van der Waals surface area contributed by atoms with E-state index >= 15 is 0 Å². The number of halogens is 1. The van der Waals surface area contributed by atoms with Crippen LogP contribution in [-0.2, 0) is 0 Å². The van der Waals surface area contributed by atoms with Crippen molar-refractivity contribution in [3.8, 4) is 5.69 Å². The Morgan fingerprint density at radius 2 is 2.06 bits per heavy atom. The van der Waals surface area contributed by atoms with E-state index in [0.29, 0.717) is 5.82 Å². The molecule has 6 nitrogen and oxygen atoms in total. The van der Waals surface area contributed by atoms with Gasteiger partial charge in [-0.1, -0.05) is 21.1 Å². The molecule has 2 aromatic rings. The maximum Gasteiger partial charge on any atom is 0.410 e. The average molecular weight is 283 g/mol. The molecular weight excluding hydrogens is 276 g/mol. The summed E-state index contributed by atoms with van der Waals surface area (Å²) < 4.78 is 2.34. The van der Waals surface area contributed by atoms with Gasteiger partial charge in [0.1, 0.15) is 0 Å². The van der Waals surface area contributed by atoms with Gasteiger partial charge in [-0.25, -0.2) is 4.79 Å². The molecule has 0 aliphatic rings. The van der Waals surface area contributed by atoms with E-state index in [1.165, 1.54) is 10.9 Å². The van der Waals surface area contributed by atoms with Gasteiger partial charge in [-0.15, -0.1) is 5.10 Å². The summed E-state index contributed by atoms with van der Waals surface area (Å²) in [4.78, 5) is 10.5. The number of rotatable bonds is 2. The molecule has 0 saturated carbocycles. The Bertz CT molecular complexity index is 508. The van der Waals surface area contributed by atoms with Crippen LogP contribution in [-0.4, -0.2) is 26.2 Å². The number of carboxylic acid groups (broad SMARTS) is 1. The van der Waals surface area contributed by atoms with Gasteiger partial charge in [0.05, 0.1) is 11.9 Å². The van der Waals surface area contributed by atoms with Gasteiger partial charge in [0.2, 0.25) is 0 Å². The van der Waals surface area contributed by atoms with Crippen molar-refractivity contribution < 1.29 is 9.90 Å². The fourth-order valence-electron chi connectivity index (χ4n) is 1.20. The zero-order valence-corrected chi connectivity index (χ0v) is 9.55. The quantitative estimate of drug-likeness (QED) is 0.884. The third-order valence-corrected chi connectivity index (χ3v) is 2.38. The van der Waals surface area contributed by atoms with Gasteiger partial charge in [0.25, 0.3) is 0 Å². The molecule has 1 heterocycles. The molecule has 1 aromatic heterocycles. The van der Waals surface area contributed by atoms with E-state index in [0.717, 1.165) is 10.2 Å². The highest BCUT2D eigenvalue weighted by Crippen LogP contribution is 2.16. The number of hydrogen-bond acceptors (Lipinski definition) is 3. The molecule has 2 rings (SSSR count). The third-order valence-electron chi connectivity index (χ3n) is 1.86. The first-order valence-corrected chi connectivity index (χ1v) is 5.13. The van der Waals surface area contributed by atoms with Crippen molar-refractivity contribution in [2.24, 2.45) is 0 Å². The summed E-state index contributed by atoms with van der Waals surface area (Å²) in [5.41, 5.74) is 0.726. The molecule has 0 bridgehead atoms. The summed E-state index contributed by atoms with van der Waals surface area (Å²) in [5.74, 6) is 0.301. The van der Waals surface area contributed by atoms with Crippen LogP contribution >= 0.6 is 15.9 Å². The van der Waals surface area contributed by atoms with E-state index in [-0.39, 0.29) is 0 Å². The second-order valence-electron chi connectivity index (χ2n) is 2.94. The number of aromatic nitrogens is 3. The number of carbonyl (C=O) groups is 1. The second kappa shape index (κ2) is 4.31. The smallest absolute Gasteiger partial charge is 0.410 e. The molecule has 1 aromatic carbocycles. The first-order chi connectivity index (χ1) is 7.66. The predicted molar refractivity (Wildman–Crippen MR) is 60.7 cm³/mol. The molecule has 0 aliphatic heterocycles. The number of hydrogen-bond donors (Lipinski definition) is 2. The number of nitrogens with one attached hydrogen (secondary N) is 1. The number of nitrogens with zero attached hydrogens (tertiary/aromatic N) is 3. The molecule has 0 fully saturated rings. The van der Waals surface area contributed by atoms with Crippen LogP contribution in [0.25, 0.3) is 5.69 Å². The van der Waals surface area contributed by atoms with Crippen LogP contribution in [0.1, 0.15) is 0 Å². The summed E-state index contributed by atoms with van der Waals surface area (Å²) in [6, 6.07) is 7.26. The van der Waals surface area contributed by atoms with Crippen molar-refractivity contribution in [3.05, 3.63) is 34.9 Å². The summed E-state index contributed by atoms with van der Waals surface area (Å²) >= 11 is 3.31. The van der Waals surface area contributed by atoms with Gasteiger partial charge in [-0.2, -0.15) is 4.68 Å². The van der Waals surface area contributed by atoms with Gasteiger partial charge >= 0.3 is 6.09 Å². The molecule has 0 unspecified atom stereocenters. The molecule has 0 radical (unpaired) electrons. The Hall–Kier alpha value is -1.89. The van der Waals surface area contributed by atoms with Crippen LogP contribution in [0.5, 0.6) is 0 Å². The Morgan fingerprint density at radius 3 is 2.69 bits per heavy atom. The fourth-order valence-corrected chi connectivity index (χ4v) is 1.47. The maximum absolute atomic E-state index is 10.5. The van der Waals surface area contributed by atoms with Crippen LogP contribution < -0.4 is 5.32 Å². The lowest BCUT2D eigenvalue weighted by atomic mass is 10.3. The van der Waals surface area contributed by atoms with E-state index in [1.807, 2.05) is 12.1 Å². The van der Waals surface area contributed by atoms with E-state index < -0.39 is 6.09 Å². The van der Waals surface area contributed by atoms with Crippen molar-refractivity contribution in [2.75, 3.05) is 5.32 Å². The summed E-state index contributed by atoms with van der Waals surface area (Å²) in [6.45, 7) is 0. The first kappa shape index (κ1) is 10.6. The van der Waals surface area contributed by atoms with Crippen LogP contribution in [0.15, 0.2) is 34.9 Å². The van der Waals surface area contributed by atoms with Crippen molar-refractivity contribution in [2.45, 2.75) is 0 Å². The third kappa shape index (κ3) is 2.19. The van der Waals surface area contributed by atoms with Crippen molar-refractivity contribution in [3.63, 3.8) is 0 Å². The van der Waals surface area contributed by atoms with Crippen LogP contribution in [0.4, 0.5) is 10.6 Å². The topological polar surface area (TPSA) is 80.0 Å². The van der Waals surface area contributed by atoms with Gasteiger partial charge in [-0.05, 0) is 24.3 Å². The molecular formula is C9H7BrN4O2. The summed E-state index contributed by atoms with van der Waals surface area (Å²) in [5, 5.41) is 18.3. The minimum absolute atomic E-state index is 0.301. The molecule has 0 spiro atoms. The van der Waals surface area contributed by atoms with E-state index in [2.05, 4.69) is 31.6 Å². The van der Waals surface area contributed by atoms with Gasteiger partial charge in [0, 0.05) is 4.47 Å². The standard InChI is InChI=1S/C9H7BrN4O2/c10-6-1-3-7(4-2-6)14-8(5-11-13-14)12-9(15)16/h1-5,12H,(H,15,16). The van der Waals surface area contributed by atoms with Gasteiger partial charge in [-0.3, -0.25) is 5.32 Å². The molecule has 1 amide bonds. The Kier molecular flexibility index (Phi) is 2.86. The highest BCUT2D eigenvalue weighted by Gasteiger charge is 2.08. The first-order valence-electron chi connectivity index (χ1n) is 4.33. The lowest BCUT2D eigenvalue weighted by molar-refractivity contribution is 0.209. The summed E-state index contributed by atoms with van der Waals surface area (Å²) in [7, 11) is 0. The van der Waals surface area contributed by atoms with E-state index in [4.69, 9.17) is 5.11 Å². The monoisotopic (exact) mass is 282 g/mol. The number of benzene rings is 1. The van der Waals surface area contributed by atoms with Crippen LogP contribution in [0, 0.1) is 0 Å². The Balaban J connectivity index is 2.36. The molecule has 16 heavy (non-hydrogen) atoms.